The fourth-order valence-electron chi connectivity index (χ4n) is 1.93. The lowest BCUT2D eigenvalue weighted by atomic mass is 9.91. The molecule has 0 spiro atoms. The summed E-state index contributed by atoms with van der Waals surface area (Å²) < 4.78 is 0. The minimum absolute atomic E-state index is 0.305. The van der Waals surface area contributed by atoms with Crippen molar-refractivity contribution in [2.45, 2.75) is 25.7 Å². The van der Waals surface area contributed by atoms with Gasteiger partial charge in [-0.15, -0.1) is 0 Å². The van der Waals surface area contributed by atoms with Crippen LogP contribution in [0.25, 0.3) is 0 Å². The van der Waals surface area contributed by atoms with Crippen LogP contribution in [0.2, 0.25) is 0 Å². The van der Waals surface area contributed by atoms with Crippen LogP contribution in [0.5, 0.6) is 0 Å². The van der Waals surface area contributed by atoms with Crippen molar-refractivity contribution in [2.75, 3.05) is 5.32 Å². The van der Waals surface area contributed by atoms with Gasteiger partial charge in [0.15, 0.2) is 0 Å². The van der Waals surface area contributed by atoms with Gasteiger partial charge in [-0.05, 0) is 48.9 Å². The Morgan fingerprint density at radius 1 is 1.21 bits per heavy atom. The maximum absolute atomic E-state index is 10.7. The van der Waals surface area contributed by atoms with Gasteiger partial charge in [-0.3, -0.25) is 4.79 Å². The molecule has 0 radical (unpaired) electrons. The third-order valence-corrected chi connectivity index (χ3v) is 2.71. The molecule has 0 unspecified atom stereocenters. The normalized spacial score (nSPS) is 14.6. The molecule has 1 aliphatic rings. The van der Waals surface area contributed by atoms with Crippen molar-refractivity contribution >= 4 is 23.6 Å². The van der Waals surface area contributed by atoms with Crippen LogP contribution in [0, 0.1) is 0 Å². The van der Waals surface area contributed by atoms with Crippen molar-refractivity contribution in [1.29, 1.82) is 0 Å². The molecule has 0 saturated carbocycles. The van der Waals surface area contributed by atoms with Crippen LogP contribution in [-0.2, 0) is 12.8 Å². The van der Waals surface area contributed by atoms with Crippen LogP contribution >= 0.6 is 12.6 Å². The number of hydrogen-bond acceptors (Lipinski definition) is 1. The van der Waals surface area contributed by atoms with E-state index in [4.69, 9.17) is 0 Å². The van der Waals surface area contributed by atoms with Gasteiger partial charge in [0.1, 0.15) is 0 Å². The molecule has 3 heteroatoms. The number of amides is 1. The number of hydrogen-bond donors (Lipinski definition) is 2. The van der Waals surface area contributed by atoms with Gasteiger partial charge in [0, 0.05) is 5.69 Å². The van der Waals surface area contributed by atoms with Crippen LogP contribution < -0.4 is 5.32 Å². The van der Waals surface area contributed by atoms with E-state index in [2.05, 4.69) is 30.1 Å². The second-order valence-electron chi connectivity index (χ2n) is 3.62. The Bertz CT molecular complexity index is 362. The Hall–Kier alpha value is -0.960. The highest BCUT2D eigenvalue weighted by molar-refractivity contribution is 7.96. The highest BCUT2D eigenvalue weighted by Crippen LogP contribution is 2.24. The quantitative estimate of drug-likeness (QED) is 0.681. The molecule has 1 amide bonds. The van der Waals surface area contributed by atoms with Crippen LogP contribution in [0.4, 0.5) is 10.5 Å². The maximum atomic E-state index is 10.7. The Balaban J connectivity index is 2.24. The third-order valence-electron chi connectivity index (χ3n) is 2.60. The highest BCUT2D eigenvalue weighted by Gasteiger charge is 2.09. The summed E-state index contributed by atoms with van der Waals surface area (Å²) in [6.07, 6.45) is 4.84. The van der Waals surface area contributed by atoms with E-state index in [1.54, 1.807) is 0 Å². The van der Waals surface area contributed by atoms with E-state index in [0.717, 1.165) is 12.1 Å². The molecule has 0 fully saturated rings. The Labute approximate surface area is 89.1 Å². The van der Waals surface area contributed by atoms with E-state index >= 15 is 0 Å². The molecule has 1 aromatic rings. The zero-order valence-corrected chi connectivity index (χ0v) is 8.81. The second kappa shape index (κ2) is 4.05. The molecule has 0 saturated heterocycles. The first kappa shape index (κ1) is 9.59. The average molecular weight is 207 g/mol. The lowest BCUT2D eigenvalue weighted by molar-refractivity contribution is 0.270. The van der Waals surface area contributed by atoms with Crippen LogP contribution in [0.15, 0.2) is 18.2 Å². The van der Waals surface area contributed by atoms with Gasteiger partial charge in [0.25, 0.3) is 5.24 Å². The van der Waals surface area contributed by atoms with Crippen LogP contribution in [0.1, 0.15) is 24.0 Å². The molecule has 74 valence electrons. The van der Waals surface area contributed by atoms with Crippen molar-refractivity contribution in [2.24, 2.45) is 0 Å². The summed E-state index contributed by atoms with van der Waals surface area (Å²) in [5.41, 5.74) is 3.65. The highest BCUT2D eigenvalue weighted by atomic mass is 32.1. The monoisotopic (exact) mass is 207 g/mol. The van der Waals surface area contributed by atoms with Gasteiger partial charge in [0.05, 0.1) is 0 Å². The number of thiol groups is 1. The predicted octanol–water partition coefficient (Wildman–Crippen LogP) is 3.03. The van der Waals surface area contributed by atoms with Crippen molar-refractivity contribution < 1.29 is 4.79 Å². The van der Waals surface area contributed by atoms with Crippen molar-refractivity contribution in [1.82, 2.24) is 0 Å². The van der Waals surface area contributed by atoms with E-state index in [-0.39, 0.29) is 5.24 Å². The smallest absolute Gasteiger partial charge is 0.280 e. The number of rotatable bonds is 1. The molecule has 14 heavy (non-hydrogen) atoms. The van der Waals surface area contributed by atoms with Gasteiger partial charge in [0.2, 0.25) is 0 Å². The number of carbonyl (C=O) groups is 1. The molecule has 1 aromatic carbocycles. The summed E-state index contributed by atoms with van der Waals surface area (Å²) in [5, 5.41) is 2.38. The Kier molecular flexibility index (Phi) is 2.77. The standard InChI is InChI=1S/C11H13NOS/c13-11(14)12-10-6-5-8-3-1-2-4-9(8)7-10/h5-7H,1-4H2,(H2,12,13,14). The molecule has 0 atom stereocenters. The number of anilines is 1. The summed E-state index contributed by atoms with van der Waals surface area (Å²) in [6, 6.07) is 6.11. The molecule has 1 N–H and O–H groups in total. The van der Waals surface area contributed by atoms with E-state index in [9.17, 15) is 4.79 Å². The number of aryl methyl sites for hydroxylation is 2. The Morgan fingerprint density at radius 3 is 2.64 bits per heavy atom. The first-order valence-electron chi connectivity index (χ1n) is 4.87. The summed E-state index contributed by atoms with van der Waals surface area (Å²) in [6.45, 7) is 0. The largest absolute Gasteiger partial charge is 0.317 e. The first-order valence-corrected chi connectivity index (χ1v) is 5.32. The Morgan fingerprint density at radius 2 is 1.93 bits per heavy atom. The van der Waals surface area contributed by atoms with E-state index in [1.807, 2.05) is 6.07 Å². The molecular formula is C11H13NOS. The zero-order chi connectivity index (χ0) is 9.97. The van der Waals surface area contributed by atoms with Gasteiger partial charge in [-0.2, -0.15) is 0 Å². The van der Waals surface area contributed by atoms with Gasteiger partial charge in [-0.1, -0.05) is 18.7 Å². The van der Waals surface area contributed by atoms with Crippen molar-refractivity contribution in [3.05, 3.63) is 29.3 Å². The van der Waals surface area contributed by atoms with E-state index < -0.39 is 0 Å². The number of fused-ring (bicyclic) bond motifs is 1. The maximum Gasteiger partial charge on any atom is 0.280 e. The second-order valence-corrected chi connectivity index (χ2v) is 4.03. The lowest BCUT2D eigenvalue weighted by Gasteiger charge is -2.16. The summed E-state index contributed by atoms with van der Waals surface area (Å²) in [5.74, 6) is 0. The SMILES string of the molecule is O=C(S)Nc1ccc2c(c1)CCCC2. The minimum Gasteiger partial charge on any atom is -0.317 e. The molecule has 0 aliphatic heterocycles. The zero-order valence-electron chi connectivity index (χ0n) is 7.92. The molecule has 2 nitrogen and oxygen atoms in total. The fraction of sp³-hybridized carbons (Fsp3) is 0.364. The van der Waals surface area contributed by atoms with Gasteiger partial charge in [-0.25, -0.2) is 0 Å². The molecule has 0 bridgehead atoms. The van der Waals surface area contributed by atoms with E-state index in [0.29, 0.717) is 0 Å². The molecule has 1 aliphatic carbocycles. The van der Waals surface area contributed by atoms with Gasteiger partial charge >= 0.3 is 0 Å². The first-order chi connectivity index (χ1) is 6.75. The summed E-state index contributed by atoms with van der Waals surface area (Å²) in [7, 11) is 0. The summed E-state index contributed by atoms with van der Waals surface area (Å²) in [4.78, 5) is 10.7. The van der Waals surface area contributed by atoms with Crippen LogP contribution in [0.3, 0.4) is 0 Å². The minimum atomic E-state index is -0.305. The van der Waals surface area contributed by atoms with Crippen molar-refractivity contribution in [3.63, 3.8) is 0 Å². The average Bonchev–Trinajstić information content (AvgIpc) is 2.17. The number of benzene rings is 1. The summed E-state index contributed by atoms with van der Waals surface area (Å²) >= 11 is 3.69. The van der Waals surface area contributed by atoms with Gasteiger partial charge < -0.3 is 5.32 Å². The molecular weight excluding hydrogens is 194 g/mol. The third kappa shape index (κ3) is 2.10. The number of carbonyl (C=O) groups excluding carboxylic acids is 1. The predicted molar refractivity (Wildman–Crippen MR) is 61.1 cm³/mol. The van der Waals surface area contributed by atoms with Crippen molar-refractivity contribution in [3.8, 4) is 0 Å². The van der Waals surface area contributed by atoms with Crippen LogP contribution in [-0.4, -0.2) is 5.24 Å². The fourth-order valence-corrected chi connectivity index (χ4v) is 2.06. The topological polar surface area (TPSA) is 29.1 Å². The number of nitrogens with one attached hydrogen (secondary N) is 1. The lowest BCUT2D eigenvalue weighted by Crippen LogP contribution is -2.06. The molecule has 2 rings (SSSR count). The molecule has 0 heterocycles. The molecule has 0 aromatic heterocycles. The van der Waals surface area contributed by atoms with E-state index in [1.165, 1.54) is 30.4 Å².